The third kappa shape index (κ3) is 3.06. The molecule has 0 radical (unpaired) electrons. The van der Waals surface area contributed by atoms with Crippen LogP contribution in [0.15, 0.2) is 0 Å². The molecule has 0 aliphatic rings. The summed E-state index contributed by atoms with van der Waals surface area (Å²) in [7, 11) is 0. The smallest absolute Gasteiger partial charge is 0.160 e. The Labute approximate surface area is 111 Å². The number of unbranched alkanes of at least 4 members (excludes halogenated alkanes) is 1. The highest BCUT2D eigenvalue weighted by atomic mass is 16.3. The number of aromatic hydroxyl groups is 1. The van der Waals surface area contributed by atoms with Gasteiger partial charge in [0.05, 0.1) is 5.69 Å². The average molecular weight is 252 g/mol. The summed E-state index contributed by atoms with van der Waals surface area (Å²) in [6.45, 7) is 11.7. The molecule has 1 rings (SSSR count). The molecule has 2 unspecified atom stereocenters. The second-order valence-corrected chi connectivity index (χ2v) is 5.31. The van der Waals surface area contributed by atoms with Crippen LogP contribution in [0.4, 0.5) is 0 Å². The van der Waals surface area contributed by atoms with Crippen molar-refractivity contribution in [1.82, 2.24) is 9.78 Å². The lowest BCUT2D eigenvalue weighted by atomic mass is 9.99. The molecule has 0 aliphatic carbocycles. The number of aromatic nitrogens is 2. The first-order valence-electron chi connectivity index (χ1n) is 7.36. The fourth-order valence-electron chi connectivity index (χ4n) is 2.17. The quantitative estimate of drug-likeness (QED) is 0.780. The van der Waals surface area contributed by atoms with Crippen LogP contribution in [0, 0.1) is 0 Å². The van der Waals surface area contributed by atoms with E-state index in [-0.39, 0.29) is 0 Å². The second-order valence-electron chi connectivity index (χ2n) is 5.31. The molecule has 0 amide bonds. The van der Waals surface area contributed by atoms with E-state index in [9.17, 15) is 5.11 Å². The van der Waals surface area contributed by atoms with E-state index in [1.54, 1.807) is 0 Å². The van der Waals surface area contributed by atoms with Crippen LogP contribution in [0.2, 0.25) is 0 Å². The first-order chi connectivity index (χ1) is 8.56. The van der Waals surface area contributed by atoms with E-state index in [0.29, 0.717) is 17.6 Å². The van der Waals surface area contributed by atoms with Crippen LogP contribution in [0.5, 0.6) is 5.75 Å². The summed E-state index contributed by atoms with van der Waals surface area (Å²) in [6, 6.07) is 0. The van der Waals surface area contributed by atoms with Crippen molar-refractivity contribution in [2.24, 2.45) is 0 Å². The first kappa shape index (κ1) is 15.1. The summed E-state index contributed by atoms with van der Waals surface area (Å²) < 4.78 is 2.04. The van der Waals surface area contributed by atoms with Crippen molar-refractivity contribution in [3.05, 3.63) is 11.4 Å². The van der Waals surface area contributed by atoms with E-state index < -0.39 is 0 Å². The van der Waals surface area contributed by atoms with E-state index in [1.165, 1.54) is 0 Å². The van der Waals surface area contributed by atoms with Crippen molar-refractivity contribution in [3.8, 4) is 5.75 Å². The minimum atomic E-state index is 0.329. The predicted molar refractivity (Wildman–Crippen MR) is 76.2 cm³/mol. The molecule has 18 heavy (non-hydrogen) atoms. The summed E-state index contributed by atoms with van der Waals surface area (Å²) in [6.07, 6.45) is 4.31. The Bertz CT molecular complexity index is 371. The summed E-state index contributed by atoms with van der Waals surface area (Å²) in [4.78, 5) is 0. The molecular weight excluding hydrogens is 224 g/mol. The van der Waals surface area contributed by atoms with Gasteiger partial charge in [-0.1, -0.05) is 41.0 Å². The Morgan fingerprint density at radius 1 is 1.11 bits per heavy atom. The zero-order valence-electron chi connectivity index (χ0n) is 12.5. The fourth-order valence-corrected chi connectivity index (χ4v) is 2.17. The summed E-state index contributed by atoms with van der Waals surface area (Å²) in [5.41, 5.74) is 1.91. The van der Waals surface area contributed by atoms with Crippen LogP contribution in [-0.2, 0) is 6.54 Å². The predicted octanol–water partition coefficient (Wildman–Crippen LogP) is 4.42. The van der Waals surface area contributed by atoms with Gasteiger partial charge in [-0.2, -0.15) is 5.10 Å². The van der Waals surface area contributed by atoms with Crippen molar-refractivity contribution < 1.29 is 5.11 Å². The monoisotopic (exact) mass is 252 g/mol. The summed E-state index contributed by atoms with van der Waals surface area (Å²) in [5, 5.41) is 15.1. The minimum Gasteiger partial charge on any atom is -0.504 e. The third-order valence-electron chi connectivity index (χ3n) is 3.87. The topological polar surface area (TPSA) is 38.0 Å². The highest BCUT2D eigenvalue weighted by molar-refractivity contribution is 5.36. The van der Waals surface area contributed by atoms with Gasteiger partial charge in [-0.15, -0.1) is 0 Å². The van der Waals surface area contributed by atoms with Gasteiger partial charge in [0, 0.05) is 18.4 Å². The van der Waals surface area contributed by atoms with Crippen molar-refractivity contribution in [3.63, 3.8) is 0 Å². The van der Waals surface area contributed by atoms with Crippen molar-refractivity contribution >= 4 is 0 Å². The Morgan fingerprint density at radius 3 is 2.22 bits per heavy atom. The maximum absolute atomic E-state index is 10.4. The molecule has 1 N–H and O–H groups in total. The number of hydrogen-bond acceptors (Lipinski definition) is 2. The van der Waals surface area contributed by atoms with Gasteiger partial charge in [-0.3, -0.25) is 4.68 Å². The molecule has 0 saturated carbocycles. The normalized spacial score (nSPS) is 14.7. The van der Waals surface area contributed by atoms with Gasteiger partial charge in [-0.05, 0) is 19.3 Å². The Morgan fingerprint density at radius 2 is 1.72 bits per heavy atom. The number of hydrogen-bond donors (Lipinski definition) is 1. The molecule has 3 heteroatoms. The minimum absolute atomic E-state index is 0.329. The molecule has 0 bridgehead atoms. The molecular formula is C15H28N2O. The molecule has 104 valence electrons. The molecule has 0 spiro atoms. The van der Waals surface area contributed by atoms with Gasteiger partial charge in [-0.25, -0.2) is 0 Å². The van der Waals surface area contributed by atoms with Crippen molar-refractivity contribution in [2.75, 3.05) is 0 Å². The van der Waals surface area contributed by atoms with Crippen LogP contribution in [0.3, 0.4) is 0 Å². The lowest BCUT2D eigenvalue weighted by molar-refractivity contribution is 0.443. The average Bonchev–Trinajstić information content (AvgIpc) is 2.71. The van der Waals surface area contributed by atoms with Crippen LogP contribution >= 0.6 is 0 Å². The summed E-state index contributed by atoms with van der Waals surface area (Å²) >= 11 is 0. The number of aryl methyl sites for hydroxylation is 1. The lowest BCUT2D eigenvalue weighted by Gasteiger charge is -2.12. The van der Waals surface area contributed by atoms with E-state index in [2.05, 4.69) is 39.7 Å². The molecule has 0 aliphatic heterocycles. The van der Waals surface area contributed by atoms with Crippen LogP contribution in [-0.4, -0.2) is 14.9 Å². The summed E-state index contributed by atoms with van der Waals surface area (Å²) in [5.74, 6) is 1.14. The fraction of sp³-hybridized carbons (Fsp3) is 0.800. The van der Waals surface area contributed by atoms with Gasteiger partial charge in [0.25, 0.3) is 0 Å². The van der Waals surface area contributed by atoms with Crippen LogP contribution in [0.1, 0.15) is 83.5 Å². The zero-order valence-corrected chi connectivity index (χ0v) is 12.5. The van der Waals surface area contributed by atoms with Crippen LogP contribution in [0.25, 0.3) is 0 Å². The number of rotatable bonds is 7. The van der Waals surface area contributed by atoms with E-state index >= 15 is 0 Å². The maximum atomic E-state index is 10.4. The molecule has 1 heterocycles. The molecule has 1 aromatic rings. The molecule has 2 atom stereocenters. The highest BCUT2D eigenvalue weighted by Gasteiger charge is 2.23. The van der Waals surface area contributed by atoms with Gasteiger partial charge < -0.3 is 5.11 Å². The third-order valence-corrected chi connectivity index (χ3v) is 3.87. The molecule has 1 aromatic heterocycles. The van der Waals surface area contributed by atoms with Gasteiger partial charge in [0.1, 0.15) is 5.69 Å². The van der Waals surface area contributed by atoms with Crippen molar-refractivity contribution in [1.29, 1.82) is 0 Å². The lowest BCUT2D eigenvalue weighted by Crippen LogP contribution is -2.08. The Hall–Kier alpha value is -0.990. The maximum Gasteiger partial charge on any atom is 0.160 e. The molecule has 0 aromatic carbocycles. The highest BCUT2D eigenvalue weighted by Crippen LogP contribution is 2.35. The Balaban J connectivity index is 3.13. The standard InChI is InChI=1S/C15H28N2O/c1-6-9-10-17-14(12(5)8-3)15(18)13(16-17)11(4)7-2/h11-12,18H,6-10H2,1-5H3. The van der Waals surface area contributed by atoms with E-state index in [1.807, 2.05) is 4.68 Å². The van der Waals surface area contributed by atoms with Gasteiger partial charge in [0.15, 0.2) is 5.75 Å². The van der Waals surface area contributed by atoms with Crippen LogP contribution < -0.4 is 0 Å². The Kier molecular flexibility index (Phi) is 5.70. The van der Waals surface area contributed by atoms with Gasteiger partial charge in [0.2, 0.25) is 0 Å². The molecule has 0 fully saturated rings. The molecule has 3 nitrogen and oxygen atoms in total. The van der Waals surface area contributed by atoms with Gasteiger partial charge >= 0.3 is 0 Å². The van der Waals surface area contributed by atoms with Crippen molar-refractivity contribution in [2.45, 2.75) is 78.7 Å². The first-order valence-corrected chi connectivity index (χ1v) is 7.36. The van der Waals surface area contributed by atoms with E-state index in [4.69, 9.17) is 0 Å². The molecule has 0 saturated heterocycles. The number of nitrogens with zero attached hydrogens (tertiary/aromatic N) is 2. The zero-order chi connectivity index (χ0) is 13.7. The second kappa shape index (κ2) is 6.81. The SMILES string of the molecule is CCCCn1nc(C(C)CC)c(O)c1C(C)CC. The largest absolute Gasteiger partial charge is 0.504 e. The van der Waals surface area contributed by atoms with E-state index in [0.717, 1.165) is 43.6 Å².